The minimum atomic E-state index is 0.257. The lowest BCUT2D eigenvalue weighted by Crippen LogP contribution is -2.04. The summed E-state index contributed by atoms with van der Waals surface area (Å²) in [6.07, 6.45) is 1.54. The maximum atomic E-state index is 5.79. The highest BCUT2D eigenvalue weighted by Crippen LogP contribution is 2.33. The molecule has 0 saturated carbocycles. The van der Waals surface area contributed by atoms with Gasteiger partial charge in [0.05, 0.1) is 24.6 Å². The van der Waals surface area contributed by atoms with Crippen LogP contribution in [0.2, 0.25) is 0 Å². The van der Waals surface area contributed by atoms with Crippen molar-refractivity contribution in [2.24, 2.45) is 0 Å². The van der Waals surface area contributed by atoms with Crippen molar-refractivity contribution in [2.45, 2.75) is 39.0 Å². The SMILES string of the molecule is CCCn1nc(-c2ccc(OCC3CO3)cc2)c(C)c1-c1ccc(OCC2CO2)cc1. The van der Waals surface area contributed by atoms with E-state index < -0.39 is 0 Å². The van der Waals surface area contributed by atoms with Gasteiger partial charge in [-0.25, -0.2) is 0 Å². The molecule has 0 radical (unpaired) electrons. The van der Waals surface area contributed by atoms with Crippen molar-refractivity contribution in [3.63, 3.8) is 0 Å². The lowest BCUT2D eigenvalue weighted by atomic mass is 10.0. The fraction of sp³-hybridized carbons (Fsp3) is 0.400. The highest BCUT2D eigenvalue weighted by Gasteiger charge is 2.24. The number of benzene rings is 2. The topological polar surface area (TPSA) is 61.3 Å². The van der Waals surface area contributed by atoms with E-state index in [0.29, 0.717) is 13.2 Å². The van der Waals surface area contributed by atoms with Gasteiger partial charge in [0.2, 0.25) is 0 Å². The van der Waals surface area contributed by atoms with E-state index in [1.807, 2.05) is 24.3 Å². The minimum absolute atomic E-state index is 0.257. The molecule has 2 aromatic carbocycles. The van der Waals surface area contributed by atoms with Crippen molar-refractivity contribution in [1.82, 2.24) is 9.78 Å². The standard InChI is InChI=1S/C25H28N2O4/c1-3-12-27-25(19-6-10-21(11-7-19)29-14-23-16-31-23)17(2)24(26-27)18-4-8-20(9-5-18)28-13-22-15-30-22/h4-11,22-23H,3,12-16H2,1-2H3. The van der Waals surface area contributed by atoms with E-state index in [9.17, 15) is 0 Å². The number of hydrogen-bond acceptors (Lipinski definition) is 5. The van der Waals surface area contributed by atoms with Crippen LogP contribution in [-0.4, -0.2) is 48.4 Å². The molecule has 2 unspecified atom stereocenters. The van der Waals surface area contributed by atoms with Crippen LogP contribution in [0.4, 0.5) is 0 Å². The summed E-state index contributed by atoms with van der Waals surface area (Å²) in [4.78, 5) is 0. The van der Waals surface area contributed by atoms with Gasteiger partial charge in [-0.2, -0.15) is 5.10 Å². The molecule has 2 aliphatic heterocycles. The Morgan fingerprint density at radius 2 is 1.39 bits per heavy atom. The van der Waals surface area contributed by atoms with Crippen LogP contribution in [0.3, 0.4) is 0 Å². The van der Waals surface area contributed by atoms with Crippen LogP contribution in [0.25, 0.3) is 22.5 Å². The van der Waals surface area contributed by atoms with Crippen molar-refractivity contribution in [2.75, 3.05) is 26.4 Å². The molecule has 6 heteroatoms. The fourth-order valence-electron chi connectivity index (χ4n) is 3.69. The number of epoxide rings is 2. The molecule has 31 heavy (non-hydrogen) atoms. The zero-order valence-corrected chi connectivity index (χ0v) is 18.0. The van der Waals surface area contributed by atoms with Gasteiger partial charge in [-0.05, 0) is 61.9 Å². The molecule has 3 heterocycles. The number of rotatable bonds is 10. The maximum Gasteiger partial charge on any atom is 0.119 e. The van der Waals surface area contributed by atoms with Crippen LogP contribution in [0.5, 0.6) is 11.5 Å². The van der Waals surface area contributed by atoms with Crippen LogP contribution in [0, 0.1) is 6.92 Å². The molecular weight excluding hydrogens is 392 g/mol. The monoisotopic (exact) mass is 420 g/mol. The molecule has 0 bridgehead atoms. The first kappa shape index (κ1) is 20.1. The minimum Gasteiger partial charge on any atom is -0.491 e. The Labute approximate surface area is 182 Å². The summed E-state index contributed by atoms with van der Waals surface area (Å²) in [6, 6.07) is 16.4. The highest BCUT2D eigenvalue weighted by molar-refractivity contribution is 5.74. The predicted molar refractivity (Wildman–Crippen MR) is 119 cm³/mol. The Hall–Kier alpha value is -2.83. The van der Waals surface area contributed by atoms with Crippen molar-refractivity contribution < 1.29 is 18.9 Å². The Morgan fingerprint density at radius 1 is 0.871 bits per heavy atom. The first-order valence-corrected chi connectivity index (χ1v) is 11.0. The molecule has 0 amide bonds. The van der Waals surface area contributed by atoms with E-state index in [4.69, 9.17) is 24.0 Å². The van der Waals surface area contributed by atoms with Crippen LogP contribution >= 0.6 is 0 Å². The lowest BCUT2D eigenvalue weighted by Gasteiger charge is -2.09. The van der Waals surface area contributed by atoms with Gasteiger partial charge < -0.3 is 18.9 Å². The van der Waals surface area contributed by atoms with Gasteiger partial charge in [-0.1, -0.05) is 6.92 Å². The van der Waals surface area contributed by atoms with E-state index in [1.165, 1.54) is 5.56 Å². The van der Waals surface area contributed by atoms with E-state index in [2.05, 4.69) is 42.8 Å². The van der Waals surface area contributed by atoms with Gasteiger partial charge in [-0.15, -0.1) is 0 Å². The quantitative estimate of drug-likeness (QED) is 0.452. The van der Waals surface area contributed by atoms with Crippen LogP contribution in [-0.2, 0) is 16.0 Å². The molecule has 2 atom stereocenters. The summed E-state index contributed by atoms with van der Waals surface area (Å²) >= 11 is 0. The third kappa shape index (κ3) is 4.75. The molecule has 2 saturated heterocycles. The second-order valence-electron chi connectivity index (χ2n) is 8.13. The Morgan fingerprint density at radius 3 is 1.87 bits per heavy atom. The first-order chi connectivity index (χ1) is 15.2. The van der Waals surface area contributed by atoms with Gasteiger partial charge in [0.1, 0.15) is 36.9 Å². The summed E-state index contributed by atoms with van der Waals surface area (Å²) < 4.78 is 24.1. The molecule has 2 fully saturated rings. The Bertz CT molecular complexity index is 1020. The van der Waals surface area contributed by atoms with E-state index in [-0.39, 0.29) is 12.2 Å². The van der Waals surface area contributed by atoms with Crippen molar-refractivity contribution in [1.29, 1.82) is 0 Å². The second kappa shape index (κ2) is 8.73. The average Bonchev–Trinajstić information content (AvgIpc) is 3.72. The molecule has 0 aliphatic carbocycles. The van der Waals surface area contributed by atoms with Crippen molar-refractivity contribution in [3.05, 3.63) is 54.1 Å². The van der Waals surface area contributed by atoms with E-state index in [1.54, 1.807) is 0 Å². The maximum absolute atomic E-state index is 5.79. The molecule has 6 nitrogen and oxygen atoms in total. The lowest BCUT2D eigenvalue weighted by molar-refractivity contribution is 0.263. The van der Waals surface area contributed by atoms with Crippen LogP contribution < -0.4 is 9.47 Å². The van der Waals surface area contributed by atoms with Crippen molar-refractivity contribution >= 4 is 0 Å². The Balaban J connectivity index is 1.38. The van der Waals surface area contributed by atoms with Crippen LogP contribution in [0.15, 0.2) is 48.5 Å². The molecule has 0 N–H and O–H groups in total. The fourth-order valence-corrected chi connectivity index (χ4v) is 3.69. The smallest absolute Gasteiger partial charge is 0.119 e. The molecule has 162 valence electrons. The summed E-state index contributed by atoms with van der Waals surface area (Å²) in [5.41, 5.74) is 5.57. The van der Waals surface area contributed by atoms with Gasteiger partial charge in [0.25, 0.3) is 0 Å². The normalized spacial score (nSPS) is 19.3. The number of hydrogen-bond donors (Lipinski definition) is 0. The zero-order chi connectivity index (χ0) is 21.2. The predicted octanol–water partition coefficient (Wildman–Crippen LogP) is 4.49. The summed E-state index contributed by atoms with van der Waals surface area (Å²) in [5.74, 6) is 1.73. The molecular formula is C25H28N2O4. The van der Waals surface area contributed by atoms with Gasteiger partial charge in [0, 0.05) is 23.2 Å². The summed E-state index contributed by atoms with van der Waals surface area (Å²) in [6.45, 7) is 8.02. The number of aryl methyl sites for hydroxylation is 1. The molecule has 2 aliphatic rings. The number of aromatic nitrogens is 2. The van der Waals surface area contributed by atoms with E-state index >= 15 is 0 Å². The Kier molecular flexibility index (Phi) is 5.66. The van der Waals surface area contributed by atoms with Crippen molar-refractivity contribution in [3.8, 4) is 34.0 Å². The van der Waals surface area contributed by atoms with E-state index in [0.717, 1.165) is 60.2 Å². The first-order valence-electron chi connectivity index (χ1n) is 11.0. The van der Waals surface area contributed by atoms with Gasteiger partial charge in [-0.3, -0.25) is 4.68 Å². The number of nitrogens with zero attached hydrogens (tertiary/aromatic N) is 2. The third-order valence-electron chi connectivity index (χ3n) is 5.56. The van der Waals surface area contributed by atoms with Crippen LogP contribution in [0.1, 0.15) is 18.9 Å². The molecule has 1 aromatic heterocycles. The average molecular weight is 421 g/mol. The summed E-state index contributed by atoms with van der Waals surface area (Å²) in [7, 11) is 0. The van der Waals surface area contributed by atoms with Gasteiger partial charge in [0.15, 0.2) is 0 Å². The molecule has 0 spiro atoms. The molecule has 3 aromatic rings. The highest BCUT2D eigenvalue weighted by atomic mass is 16.6. The summed E-state index contributed by atoms with van der Waals surface area (Å²) in [5, 5.41) is 4.96. The molecule has 5 rings (SSSR count). The zero-order valence-electron chi connectivity index (χ0n) is 18.0. The largest absolute Gasteiger partial charge is 0.491 e. The second-order valence-corrected chi connectivity index (χ2v) is 8.13. The van der Waals surface area contributed by atoms with Gasteiger partial charge >= 0.3 is 0 Å². The third-order valence-corrected chi connectivity index (χ3v) is 5.56. The number of ether oxygens (including phenoxy) is 4.